The highest BCUT2D eigenvalue weighted by Gasteiger charge is 2.23. The zero-order valence-corrected chi connectivity index (χ0v) is 9.81. The number of nitrogens with zero attached hydrogens (tertiary/aromatic N) is 1. The van der Waals surface area contributed by atoms with Crippen LogP contribution in [0.15, 0.2) is 0 Å². The first-order chi connectivity index (χ1) is 6.53. The van der Waals surface area contributed by atoms with Crippen molar-refractivity contribution in [3.8, 4) is 0 Å². The van der Waals surface area contributed by atoms with Gasteiger partial charge in [-0.05, 0) is 26.4 Å². The highest BCUT2D eigenvalue weighted by molar-refractivity contribution is 7.90. The highest BCUT2D eigenvalue weighted by atomic mass is 32.2. The number of nitrogens with one attached hydrogen (secondary N) is 1. The number of sulfone groups is 1. The maximum atomic E-state index is 11.0. The van der Waals surface area contributed by atoms with Gasteiger partial charge in [-0.1, -0.05) is 0 Å². The van der Waals surface area contributed by atoms with E-state index in [0.717, 1.165) is 13.1 Å². The first-order valence-corrected chi connectivity index (χ1v) is 7.15. The minimum absolute atomic E-state index is 0.285. The predicted octanol–water partition coefficient (Wildman–Crippen LogP) is -0.285. The Bertz CT molecular complexity index is 264. The zero-order chi connectivity index (χ0) is 10.6. The second kappa shape index (κ2) is 5.09. The third kappa shape index (κ3) is 3.94. The normalized spacial score (nSPS) is 24.3. The Hall–Kier alpha value is -0.130. The summed E-state index contributed by atoms with van der Waals surface area (Å²) in [6.45, 7) is 2.69. The molecular weight excluding hydrogens is 200 g/mol. The molecule has 1 atom stereocenters. The van der Waals surface area contributed by atoms with Gasteiger partial charge in [0.15, 0.2) is 0 Å². The summed E-state index contributed by atoms with van der Waals surface area (Å²) in [5.74, 6) is 0.285. The molecule has 1 fully saturated rings. The molecule has 5 heteroatoms. The smallest absolute Gasteiger partial charge is 0.148 e. The molecule has 1 heterocycles. The molecule has 1 aliphatic heterocycles. The third-order valence-corrected chi connectivity index (χ3v) is 3.61. The lowest BCUT2D eigenvalue weighted by Gasteiger charge is -2.23. The predicted molar refractivity (Wildman–Crippen MR) is 58.2 cm³/mol. The standard InChI is InChI=1S/C9H20N2O2S/c1-10-8-9-4-3-5-11(9)6-7-14(2,12)13/h9-10H,3-8H2,1-2H3. The molecule has 0 radical (unpaired) electrons. The minimum atomic E-state index is -2.81. The van der Waals surface area contributed by atoms with Crippen LogP contribution in [-0.4, -0.2) is 58.1 Å². The van der Waals surface area contributed by atoms with Crippen LogP contribution in [0.2, 0.25) is 0 Å². The van der Waals surface area contributed by atoms with Gasteiger partial charge >= 0.3 is 0 Å². The summed E-state index contributed by atoms with van der Waals surface area (Å²) >= 11 is 0. The molecule has 0 spiro atoms. The van der Waals surface area contributed by atoms with E-state index in [4.69, 9.17) is 0 Å². The van der Waals surface area contributed by atoms with E-state index in [1.165, 1.54) is 19.1 Å². The second-order valence-electron chi connectivity index (χ2n) is 4.02. The number of hydrogen-bond donors (Lipinski definition) is 1. The van der Waals surface area contributed by atoms with Crippen LogP contribution in [0.25, 0.3) is 0 Å². The lowest BCUT2D eigenvalue weighted by atomic mass is 10.2. The summed E-state index contributed by atoms with van der Waals surface area (Å²) in [6, 6.07) is 0.529. The molecule has 0 aromatic heterocycles. The molecule has 1 N–H and O–H groups in total. The molecule has 4 nitrogen and oxygen atoms in total. The van der Waals surface area contributed by atoms with Crippen molar-refractivity contribution in [3.63, 3.8) is 0 Å². The monoisotopic (exact) mass is 220 g/mol. The van der Waals surface area contributed by atoms with Crippen LogP contribution < -0.4 is 5.32 Å². The van der Waals surface area contributed by atoms with Gasteiger partial charge in [-0.2, -0.15) is 0 Å². The summed E-state index contributed by atoms with van der Waals surface area (Å²) in [5.41, 5.74) is 0. The van der Waals surface area contributed by atoms with Gasteiger partial charge in [-0.25, -0.2) is 8.42 Å². The van der Waals surface area contributed by atoms with Crippen molar-refractivity contribution in [2.24, 2.45) is 0 Å². The lowest BCUT2D eigenvalue weighted by molar-refractivity contribution is 0.264. The van der Waals surface area contributed by atoms with Crippen molar-refractivity contribution in [2.75, 3.05) is 38.7 Å². The van der Waals surface area contributed by atoms with Crippen LogP contribution >= 0.6 is 0 Å². The van der Waals surface area contributed by atoms with Crippen LogP contribution in [0.3, 0.4) is 0 Å². The quantitative estimate of drug-likeness (QED) is 0.692. The van der Waals surface area contributed by atoms with Gasteiger partial charge in [-0.3, -0.25) is 4.90 Å². The summed E-state index contributed by atoms with van der Waals surface area (Å²) in [5, 5.41) is 3.15. The van der Waals surface area contributed by atoms with E-state index in [9.17, 15) is 8.42 Å². The molecule has 1 rings (SSSR count). The van der Waals surface area contributed by atoms with E-state index in [-0.39, 0.29) is 5.75 Å². The van der Waals surface area contributed by atoms with Gasteiger partial charge in [0.2, 0.25) is 0 Å². The van der Waals surface area contributed by atoms with E-state index < -0.39 is 9.84 Å². The Kier molecular flexibility index (Phi) is 4.34. The SMILES string of the molecule is CNCC1CCCN1CCS(C)(=O)=O. The van der Waals surface area contributed by atoms with Crippen molar-refractivity contribution in [3.05, 3.63) is 0 Å². The Morgan fingerprint density at radius 3 is 2.79 bits per heavy atom. The van der Waals surface area contributed by atoms with Crippen LogP contribution in [-0.2, 0) is 9.84 Å². The first kappa shape index (κ1) is 11.9. The summed E-state index contributed by atoms with van der Waals surface area (Å²) in [7, 11) is -0.874. The van der Waals surface area contributed by atoms with E-state index >= 15 is 0 Å². The van der Waals surface area contributed by atoms with Gasteiger partial charge in [0.25, 0.3) is 0 Å². The summed E-state index contributed by atoms with van der Waals surface area (Å²) in [4.78, 5) is 2.28. The molecular formula is C9H20N2O2S. The van der Waals surface area contributed by atoms with Gasteiger partial charge in [0, 0.05) is 25.4 Å². The molecule has 1 saturated heterocycles. The molecule has 0 amide bonds. The average Bonchev–Trinajstić information content (AvgIpc) is 2.48. The van der Waals surface area contributed by atoms with Crippen molar-refractivity contribution in [2.45, 2.75) is 18.9 Å². The van der Waals surface area contributed by atoms with Crippen molar-refractivity contribution in [1.82, 2.24) is 10.2 Å². The molecule has 0 aliphatic carbocycles. The number of likely N-dealkylation sites (N-methyl/N-ethyl adjacent to an activating group) is 1. The Labute approximate surface area is 86.6 Å². The first-order valence-electron chi connectivity index (χ1n) is 5.09. The largest absolute Gasteiger partial charge is 0.318 e. The number of rotatable bonds is 5. The fourth-order valence-electron chi connectivity index (χ4n) is 1.94. The Morgan fingerprint density at radius 1 is 1.50 bits per heavy atom. The van der Waals surface area contributed by atoms with Gasteiger partial charge < -0.3 is 5.32 Å². The molecule has 0 aromatic carbocycles. The maximum absolute atomic E-state index is 11.0. The van der Waals surface area contributed by atoms with Gasteiger partial charge in [-0.15, -0.1) is 0 Å². The molecule has 0 saturated carbocycles. The van der Waals surface area contributed by atoms with Gasteiger partial charge in [0.1, 0.15) is 9.84 Å². The van der Waals surface area contributed by atoms with Gasteiger partial charge in [0.05, 0.1) is 5.75 Å². The molecule has 14 heavy (non-hydrogen) atoms. The topological polar surface area (TPSA) is 49.4 Å². The number of hydrogen-bond acceptors (Lipinski definition) is 4. The minimum Gasteiger partial charge on any atom is -0.318 e. The average molecular weight is 220 g/mol. The van der Waals surface area contributed by atoms with E-state index in [0.29, 0.717) is 12.6 Å². The molecule has 84 valence electrons. The highest BCUT2D eigenvalue weighted by Crippen LogP contribution is 2.15. The Balaban J connectivity index is 2.36. The fraction of sp³-hybridized carbons (Fsp3) is 1.00. The molecule has 0 bridgehead atoms. The van der Waals surface area contributed by atoms with Crippen LogP contribution in [0.1, 0.15) is 12.8 Å². The third-order valence-electron chi connectivity index (χ3n) is 2.69. The van der Waals surface area contributed by atoms with E-state index in [1.54, 1.807) is 0 Å². The second-order valence-corrected chi connectivity index (χ2v) is 6.28. The molecule has 0 aromatic rings. The van der Waals surface area contributed by atoms with Crippen LogP contribution in [0.4, 0.5) is 0 Å². The number of likely N-dealkylation sites (tertiary alicyclic amines) is 1. The van der Waals surface area contributed by atoms with Crippen molar-refractivity contribution in [1.29, 1.82) is 0 Å². The van der Waals surface area contributed by atoms with E-state index in [2.05, 4.69) is 10.2 Å². The molecule has 1 unspecified atom stereocenters. The summed E-state index contributed by atoms with van der Waals surface area (Å²) in [6.07, 6.45) is 3.68. The summed E-state index contributed by atoms with van der Waals surface area (Å²) < 4.78 is 22.0. The molecule has 1 aliphatic rings. The van der Waals surface area contributed by atoms with Crippen molar-refractivity contribution >= 4 is 9.84 Å². The van der Waals surface area contributed by atoms with Crippen LogP contribution in [0, 0.1) is 0 Å². The van der Waals surface area contributed by atoms with Crippen LogP contribution in [0.5, 0.6) is 0 Å². The lowest BCUT2D eigenvalue weighted by Crippen LogP contribution is -2.39. The maximum Gasteiger partial charge on any atom is 0.148 e. The van der Waals surface area contributed by atoms with Crippen molar-refractivity contribution < 1.29 is 8.42 Å². The Morgan fingerprint density at radius 2 is 2.21 bits per heavy atom. The van der Waals surface area contributed by atoms with E-state index in [1.807, 2.05) is 7.05 Å². The zero-order valence-electron chi connectivity index (χ0n) is 8.99. The fourth-order valence-corrected chi connectivity index (χ4v) is 2.51.